The average Bonchev–Trinajstić information content (AvgIpc) is 3.32. The Kier molecular flexibility index (Phi) is 9.00. The van der Waals surface area contributed by atoms with Crippen molar-refractivity contribution in [2.75, 3.05) is 36.0 Å². The third kappa shape index (κ3) is 5.61. The Morgan fingerprint density at radius 1 is 0.740 bits per heavy atom. The van der Waals surface area contributed by atoms with Crippen molar-refractivity contribution in [3.63, 3.8) is 0 Å². The van der Waals surface area contributed by atoms with Crippen LogP contribution in [0.5, 0.6) is 17.2 Å². The van der Waals surface area contributed by atoms with Crippen molar-refractivity contribution in [3.05, 3.63) is 112 Å². The van der Waals surface area contributed by atoms with Gasteiger partial charge in [0.2, 0.25) is 0 Å². The van der Waals surface area contributed by atoms with Gasteiger partial charge in [0.05, 0.1) is 6.21 Å². The second-order valence-electron chi connectivity index (χ2n) is 15.4. The summed E-state index contributed by atoms with van der Waals surface area (Å²) in [6.45, 7) is 24.8. The molecule has 7 heteroatoms. The molecule has 4 aromatic rings. The van der Waals surface area contributed by atoms with Crippen molar-refractivity contribution in [1.29, 1.82) is 0 Å². The van der Waals surface area contributed by atoms with Gasteiger partial charge in [-0.3, -0.25) is 4.79 Å². The maximum absolute atomic E-state index is 14.7. The molecule has 2 heterocycles. The summed E-state index contributed by atoms with van der Waals surface area (Å²) in [5.74, 6) is 1.35. The number of hydrogen-bond donors (Lipinski definition) is 1. The molecule has 50 heavy (non-hydrogen) atoms. The minimum Gasteiger partial charge on any atom is -0.507 e. The number of rotatable bonds is 8. The minimum atomic E-state index is -1.11. The summed E-state index contributed by atoms with van der Waals surface area (Å²) in [5, 5.41) is 18.4. The lowest BCUT2D eigenvalue weighted by atomic mass is 9.75. The van der Waals surface area contributed by atoms with Gasteiger partial charge >= 0.3 is 0 Å². The van der Waals surface area contributed by atoms with Crippen molar-refractivity contribution in [3.8, 4) is 17.2 Å². The number of benzene rings is 4. The van der Waals surface area contributed by atoms with Crippen molar-refractivity contribution in [2.45, 2.75) is 85.6 Å². The van der Waals surface area contributed by atoms with E-state index in [9.17, 15) is 9.90 Å². The predicted molar refractivity (Wildman–Crippen MR) is 206 cm³/mol. The summed E-state index contributed by atoms with van der Waals surface area (Å²) in [7, 11) is 0. The molecule has 2 aliphatic heterocycles. The van der Waals surface area contributed by atoms with E-state index in [0.717, 1.165) is 65.4 Å². The van der Waals surface area contributed by atoms with Crippen LogP contribution in [0, 0.1) is 0 Å². The Morgan fingerprint density at radius 2 is 1.28 bits per heavy atom. The zero-order chi connectivity index (χ0) is 36.2. The van der Waals surface area contributed by atoms with Crippen LogP contribution in [-0.2, 0) is 16.4 Å². The zero-order valence-corrected chi connectivity index (χ0v) is 31.4. The Bertz CT molecular complexity index is 1900. The van der Waals surface area contributed by atoms with E-state index in [0.29, 0.717) is 22.6 Å². The van der Waals surface area contributed by atoms with Crippen LogP contribution in [0.15, 0.2) is 77.9 Å². The van der Waals surface area contributed by atoms with Crippen LogP contribution in [-0.4, -0.2) is 48.4 Å². The molecule has 0 unspecified atom stereocenters. The molecule has 0 atom stereocenters. The van der Waals surface area contributed by atoms with Gasteiger partial charge in [0.15, 0.2) is 0 Å². The molecule has 6 rings (SSSR count). The number of carbonyl (C=O) groups is 1. The van der Waals surface area contributed by atoms with Crippen LogP contribution >= 0.6 is 0 Å². The van der Waals surface area contributed by atoms with E-state index in [-0.39, 0.29) is 22.5 Å². The van der Waals surface area contributed by atoms with Gasteiger partial charge in [0.1, 0.15) is 22.8 Å². The first-order valence-electron chi connectivity index (χ1n) is 18.0. The molecule has 0 fully saturated rings. The summed E-state index contributed by atoms with van der Waals surface area (Å²) in [6.07, 6.45) is 1.66. The van der Waals surface area contributed by atoms with Crippen LogP contribution < -0.4 is 14.5 Å². The molecule has 0 saturated carbocycles. The number of fused-ring (bicyclic) bond motifs is 6. The van der Waals surface area contributed by atoms with E-state index in [2.05, 4.69) is 122 Å². The van der Waals surface area contributed by atoms with E-state index >= 15 is 0 Å². The van der Waals surface area contributed by atoms with Gasteiger partial charge in [0, 0.05) is 83.1 Å². The largest absolute Gasteiger partial charge is 0.507 e. The maximum atomic E-state index is 14.7. The number of ether oxygens (including phenoxy) is 1. The van der Waals surface area contributed by atoms with Crippen molar-refractivity contribution < 1.29 is 14.6 Å². The van der Waals surface area contributed by atoms with E-state index in [1.807, 2.05) is 30.3 Å². The molecule has 1 spiro atoms. The van der Waals surface area contributed by atoms with Gasteiger partial charge in [-0.2, -0.15) is 5.10 Å². The van der Waals surface area contributed by atoms with Gasteiger partial charge < -0.3 is 19.6 Å². The van der Waals surface area contributed by atoms with Crippen LogP contribution in [0.4, 0.5) is 11.4 Å². The fraction of sp³-hybridized carbons (Fsp3) is 0.395. The topological polar surface area (TPSA) is 68.6 Å². The second-order valence-corrected chi connectivity index (χ2v) is 15.4. The third-order valence-corrected chi connectivity index (χ3v) is 10.4. The Labute approximate surface area is 298 Å². The Balaban J connectivity index is 1.65. The number of nitrogens with zero attached hydrogens (tertiary/aromatic N) is 4. The van der Waals surface area contributed by atoms with Crippen LogP contribution in [0.2, 0.25) is 0 Å². The van der Waals surface area contributed by atoms with Crippen LogP contribution in [0.1, 0.15) is 113 Å². The lowest BCUT2D eigenvalue weighted by molar-refractivity contribution is 0.0675. The number of anilines is 2. The number of carbonyl (C=O) groups excluding carboxylic acids is 1. The quantitative estimate of drug-likeness (QED) is 0.189. The molecule has 262 valence electrons. The lowest BCUT2D eigenvalue weighted by Crippen LogP contribution is -2.44. The minimum absolute atomic E-state index is 0.166. The summed E-state index contributed by atoms with van der Waals surface area (Å²) in [5.41, 5.74) is 6.15. The van der Waals surface area contributed by atoms with E-state index in [1.54, 1.807) is 11.2 Å². The normalized spacial score (nSPS) is 14.8. The molecule has 1 N–H and O–H groups in total. The maximum Gasteiger partial charge on any atom is 0.275 e. The third-order valence-electron chi connectivity index (χ3n) is 10.4. The fourth-order valence-corrected chi connectivity index (χ4v) is 7.53. The van der Waals surface area contributed by atoms with E-state index in [1.165, 1.54) is 0 Å². The van der Waals surface area contributed by atoms with E-state index < -0.39 is 5.54 Å². The van der Waals surface area contributed by atoms with Crippen LogP contribution in [0.25, 0.3) is 0 Å². The highest BCUT2D eigenvalue weighted by atomic mass is 16.5. The number of amides is 1. The fourth-order valence-electron chi connectivity index (χ4n) is 7.53. The summed E-state index contributed by atoms with van der Waals surface area (Å²) in [6, 6.07) is 24.5. The van der Waals surface area contributed by atoms with E-state index in [4.69, 9.17) is 9.84 Å². The lowest BCUT2D eigenvalue weighted by Gasteiger charge is -2.42. The molecule has 2 aliphatic rings. The first kappa shape index (κ1) is 35.1. The zero-order valence-electron chi connectivity index (χ0n) is 31.4. The number of hydrazone groups is 1. The monoisotopic (exact) mass is 672 g/mol. The molecule has 0 bridgehead atoms. The summed E-state index contributed by atoms with van der Waals surface area (Å²) < 4.78 is 6.83. The summed E-state index contributed by atoms with van der Waals surface area (Å²) in [4.78, 5) is 19.3. The Hall–Kier alpha value is -4.78. The second kappa shape index (κ2) is 12.8. The predicted octanol–water partition coefficient (Wildman–Crippen LogP) is 9.57. The van der Waals surface area contributed by atoms with Crippen molar-refractivity contribution in [1.82, 2.24) is 5.01 Å². The van der Waals surface area contributed by atoms with Gasteiger partial charge in [-0.25, -0.2) is 5.01 Å². The summed E-state index contributed by atoms with van der Waals surface area (Å²) >= 11 is 0. The first-order valence-corrected chi connectivity index (χ1v) is 18.0. The van der Waals surface area contributed by atoms with Gasteiger partial charge in [-0.1, -0.05) is 77.9 Å². The number of phenolic OH excluding ortho intramolecular Hbond substituents is 1. The molecule has 0 saturated heterocycles. The first-order chi connectivity index (χ1) is 23.7. The smallest absolute Gasteiger partial charge is 0.275 e. The highest BCUT2D eigenvalue weighted by Crippen LogP contribution is 2.58. The van der Waals surface area contributed by atoms with Gasteiger partial charge in [-0.15, -0.1) is 0 Å². The number of aromatic hydroxyl groups is 1. The molecular weight excluding hydrogens is 620 g/mol. The van der Waals surface area contributed by atoms with Crippen molar-refractivity contribution >= 4 is 23.5 Å². The molecule has 1 amide bonds. The molecule has 7 nitrogen and oxygen atoms in total. The van der Waals surface area contributed by atoms with Crippen LogP contribution in [0.3, 0.4) is 0 Å². The van der Waals surface area contributed by atoms with Gasteiger partial charge in [0.25, 0.3) is 5.91 Å². The molecule has 0 radical (unpaired) electrons. The standard InChI is InChI=1S/C43H52N4O3/c1-11-45(12-2)30-19-21-34-37(25-30)50-38-26-31(46(13-3)14-4)20-22-35(38)43(34)33-18-16-15-17-32(33)40(49)47(43)44-27-28-23-29(41(5,6)7)24-36(39(28)48)42(8,9)10/h15-27,48H,11-14H2,1-10H3/b44-27+. The molecule has 0 aliphatic carbocycles. The Morgan fingerprint density at radius 3 is 1.78 bits per heavy atom. The molecular formula is C43H52N4O3. The average molecular weight is 673 g/mol. The highest BCUT2D eigenvalue weighted by Gasteiger charge is 2.57. The SMILES string of the molecule is CCN(CC)c1ccc2c(c1)Oc1cc(N(CC)CC)ccc1C21c2ccccc2C(=O)N1/N=C/c1cc(C(C)(C)C)cc(C(C)(C)C)c1O. The number of phenols is 1. The van der Waals surface area contributed by atoms with Gasteiger partial charge in [-0.05, 0) is 68.4 Å². The number of hydrogen-bond acceptors (Lipinski definition) is 6. The highest BCUT2D eigenvalue weighted by molar-refractivity contribution is 6.03. The van der Waals surface area contributed by atoms with Crippen molar-refractivity contribution in [2.24, 2.45) is 5.10 Å². The molecule has 0 aromatic heterocycles. The molecule has 4 aromatic carbocycles.